The molecule has 1 N–H and O–H groups in total. The summed E-state index contributed by atoms with van der Waals surface area (Å²) in [5.74, 6) is -0.556. The molecule has 35 heavy (non-hydrogen) atoms. The van der Waals surface area contributed by atoms with E-state index in [9.17, 15) is 22.8 Å². The van der Waals surface area contributed by atoms with Gasteiger partial charge in [0, 0.05) is 36.5 Å². The highest BCUT2D eigenvalue weighted by Crippen LogP contribution is 2.30. The summed E-state index contributed by atoms with van der Waals surface area (Å²) < 4.78 is 42.7. The van der Waals surface area contributed by atoms with Crippen molar-refractivity contribution in [3.05, 3.63) is 81.6 Å². The number of para-hydroxylation sites is 1. The van der Waals surface area contributed by atoms with Gasteiger partial charge in [0.25, 0.3) is 5.91 Å². The molecule has 184 valence electrons. The highest BCUT2D eigenvalue weighted by atomic mass is 32.1. The Kier molecular flexibility index (Phi) is 8.02. The number of alkyl halides is 2. The Hall–Kier alpha value is -3.40. The maximum Gasteiger partial charge on any atom is 0.387 e. The van der Waals surface area contributed by atoms with Gasteiger partial charge in [-0.1, -0.05) is 30.3 Å². The van der Waals surface area contributed by atoms with Crippen LogP contribution in [0.3, 0.4) is 0 Å². The second-order valence-electron chi connectivity index (χ2n) is 8.20. The molecule has 2 heterocycles. The molecule has 0 unspecified atom stereocenters. The van der Waals surface area contributed by atoms with Crippen molar-refractivity contribution in [3.63, 3.8) is 0 Å². The van der Waals surface area contributed by atoms with Gasteiger partial charge in [0.1, 0.15) is 17.3 Å². The van der Waals surface area contributed by atoms with E-state index in [4.69, 9.17) is 0 Å². The van der Waals surface area contributed by atoms with Gasteiger partial charge in [-0.25, -0.2) is 9.37 Å². The smallest absolute Gasteiger partial charge is 0.387 e. The first-order valence-corrected chi connectivity index (χ1v) is 12.1. The lowest BCUT2D eigenvalue weighted by Crippen LogP contribution is -2.38. The quantitative estimate of drug-likeness (QED) is 0.481. The van der Waals surface area contributed by atoms with Crippen LogP contribution in [0.15, 0.2) is 53.9 Å². The maximum atomic E-state index is 13.1. The van der Waals surface area contributed by atoms with Crippen molar-refractivity contribution >= 4 is 23.2 Å². The van der Waals surface area contributed by atoms with Crippen molar-refractivity contribution in [2.75, 3.05) is 13.1 Å². The second kappa shape index (κ2) is 11.4. The van der Waals surface area contributed by atoms with Crippen LogP contribution in [0.2, 0.25) is 0 Å². The van der Waals surface area contributed by atoms with Crippen molar-refractivity contribution in [1.82, 2.24) is 15.2 Å². The Labute approximate surface area is 204 Å². The second-order valence-corrected chi connectivity index (χ2v) is 9.09. The Morgan fingerprint density at radius 1 is 1.11 bits per heavy atom. The standard InChI is InChI=1S/C25H24F3N3O3S/c26-19-7-5-16(6-8-19)13-22(32)31-11-9-17(10-12-31)24-30-20(15-35-24)23(33)29-14-18-3-1-2-4-21(18)34-25(27)28/h1-8,15,17,25H,9-14H2,(H,29,33). The largest absolute Gasteiger partial charge is 0.434 e. The third-order valence-electron chi connectivity index (χ3n) is 5.85. The first kappa shape index (κ1) is 24.7. The van der Waals surface area contributed by atoms with Gasteiger partial charge in [0.05, 0.1) is 11.4 Å². The van der Waals surface area contributed by atoms with Crippen molar-refractivity contribution in [2.45, 2.75) is 38.3 Å². The molecular formula is C25H24F3N3O3S. The number of likely N-dealkylation sites (tertiary alicyclic amines) is 1. The average molecular weight is 504 g/mol. The number of halogens is 3. The molecule has 0 radical (unpaired) electrons. The summed E-state index contributed by atoms with van der Waals surface area (Å²) in [6, 6.07) is 12.2. The third kappa shape index (κ3) is 6.60. The molecule has 4 rings (SSSR count). The van der Waals surface area contributed by atoms with E-state index in [2.05, 4.69) is 15.0 Å². The lowest BCUT2D eigenvalue weighted by molar-refractivity contribution is -0.131. The Balaban J connectivity index is 1.28. The number of hydrogen-bond donors (Lipinski definition) is 1. The van der Waals surface area contributed by atoms with Gasteiger partial charge in [-0.15, -0.1) is 11.3 Å². The molecular weight excluding hydrogens is 479 g/mol. The molecule has 1 saturated heterocycles. The van der Waals surface area contributed by atoms with Crippen molar-refractivity contribution in [2.24, 2.45) is 0 Å². The van der Waals surface area contributed by atoms with E-state index < -0.39 is 12.5 Å². The summed E-state index contributed by atoms with van der Waals surface area (Å²) in [7, 11) is 0. The van der Waals surface area contributed by atoms with Crippen LogP contribution in [0.1, 0.15) is 45.4 Å². The number of rotatable bonds is 8. The number of carbonyl (C=O) groups is 2. The van der Waals surface area contributed by atoms with Crippen LogP contribution >= 0.6 is 11.3 Å². The number of benzene rings is 2. The van der Waals surface area contributed by atoms with E-state index in [1.807, 2.05) is 0 Å². The van der Waals surface area contributed by atoms with Gasteiger partial charge in [-0.05, 0) is 36.6 Å². The number of aromatic nitrogens is 1. The van der Waals surface area contributed by atoms with Gasteiger partial charge in [0.2, 0.25) is 5.91 Å². The molecule has 0 spiro atoms. The van der Waals surface area contributed by atoms with Crippen LogP contribution in [-0.2, 0) is 17.8 Å². The zero-order chi connectivity index (χ0) is 24.8. The molecule has 0 bridgehead atoms. The molecule has 0 saturated carbocycles. The van der Waals surface area contributed by atoms with Gasteiger partial charge < -0.3 is 15.0 Å². The van der Waals surface area contributed by atoms with Crippen molar-refractivity contribution < 1.29 is 27.5 Å². The summed E-state index contributed by atoms with van der Waals surface area (Å²) in [6.45, 7) is -1.74. The van der Waals surface area contributed by atoms with Crippen LogP contribution in [-0.4, -0.2) is 41.4 Å². The van der Waals surface area contributed by atoms with E-state index in [-0.39, 0.29) is 42.1 Å². The van der Waals surface area contributed by atoms with Crippen LogP contribution in [0.5, 0.6) is 5.75 Å². The van der Waals surface area contributed by atoms with Crippen molar-refractivity contribution in [1.29, 1.82) is 0 Å². The van der Waals surface area contributed by atoms with E-state index in [1.165, 1.54) is 29.5 Å². The number of nitrogens with zero attached hydrogens (tertiary/aromatic N) is 2. The molecule has 0 atom stereocenters. The first-order valence-electron chi connectivity index (χ1n) is 11.2. The zero-order valence-corrected chi connectivity index (χ0v) is 19.6. The Bertz CT molecular complexity index is 1160. The molecule has 2 aromatic carbocycles. The van der Waals surface area contributed by atoms with E-state index in [0.717, 1.165) is 23.4 Å². The van der Waals surface area contributed by atoms with Crippen LogP contribution < -0.4 is 10.1 Å². The molecule has 0 aliphatic carbocycles. The fourth-order valence-corrected chi connectivity index (χ4v) is 4.94. The minimum Gasteiger partial charge on any atom is -0.434 e. The van der Waals surface area contributed by atoms with Gasteiger partial charge >= 0.3 is 6.61 Å². The molecule has 3 aromatic rings. The van der Waals surface area contributed by atoms with E-state index in [1.54, 1.807) is 40.6 Å². The van der Waals surface area contributed by atoms with Crippen molar-refractivity contribution in [3.8, 4) is 5.75 Å². The summed E-state index contributed by atoms with van der Waals surface area (Å²) in [5, 5.41) is 5.21. The van der Waals surface area contributed by atoms with Gasteiger partial charge in [-0.3, -0.25) is 9.59 Å². The van der Waals surface area contributed by atoms with Crippen LogP contribution in [0, 0.1) is 5.82 Å². The fraction of sp³-hybridized carbons (Fsp3) is 0.320. The molecule has 10 heteroatoms. The van der Waals surface area contributed by atoms with E-state index in [0.29, 0.717) is 18.7 Å². The summed E-state index contributed by atoms with van der Waals surface area (Å²) in [5.41, 5.74) is 1.49. The lowest BCUT2D eigenvalue weighted by Gasteiger charge is -2.31. The average Bonchev–Trinajstić information content (AvgIpc) is 3.35. The number of carbonyl (C=O) groups excluding carboxylic acids is 2. The minimum atomic E-state index is -2.95. The SMILES string of the molecule is O=C(NCc1ccccc1OC(F)F)c1csc(C2CCN(C(=O)Cc3ccc(F)cc3)CC2)n1. The number of nitrogens with one attached hydrogen (secondary N) is 1. The van der Waals surface area contributed by atoms with Gasteiger partial charge in [0.15, 0.2) is 0 Å². The number of thiazole rings is 1. The molecule has 1 fully saturated rings. The van der Waals surface area contributed by atoms with Crippen LogP contribution in [0.4, 0.5) is 13.2 Å². The molecule has 1 aromatic heterocycles. The highest BCUT2D eigenvalue weighted by molar-refractivity contribution is 7.09. The number of hydrogen-bond acceptors (Lipinski definition) is 5. The summed E-state index contributed by atoms with van der Waals surface area (Å²) in [6.07, 6.45) is 1.71. The van der Waals surface area contributed by atoms with Crippen LogP contribution in [0.25, 0.3) is 0 Å². The predicted octanol–water partition coefficient (Wildman–Crippen LogP) is 4.76. The highest BCUT2D eigenvalue weighted by Gasteiger charge is 2.26. The Morgan fingerprint density at radius 2 is 1.83 bits per heavy atom. The molecule has 2 amide bonds. The monoisotopic (exact) mass is 503 g/mol. The first-order chi connectivity index (χ1) is 16.9. The fourth-order valence-electron chi connectivity index (χ4n) is 3.97. The minimum absolute atomic E-state index is 0.00497. The number of ether oxygens (including phenoxy) is 1. The topological polar surface area (TPSA) is 71.5 Å². The lowest BCUT2D eigenvalue weighted by atomic mass is 9.97. The maximum absolute atomic E-state index is 13.1. The molecule has 6 nitrogen and oxygen atoms in total. The van der Waals surface area contributed by atoms with Gasteiger partial charge in [-0.2, -0.15) is 8.78 Å². The predicted molar refractivity (Wildman–Crippen MR) is 125 cm³/mol. The Morgan fingerprint density at radius 3 is 2.54 bits per heavy atom. The number of piperidine rings is 1. The summed E-state index contributed by atoms with van der Waals surface area (Å²) in [4.78, 5) is 31.4. The molecule has 1 aliphatic heterocycles. The summed E-state index contributed by atoms with van der Waals surface area (Å²) >= 11 is 1.40. The number of amides is 2. The zero-order valence-electron chi connectivity index (χ0n) is 18.8. The third-order valence-corrected chi connectivity index (χ3v) is 6.86. The molecule has 1 aliphatic rings. The van der Waals surface area contributed by atoms with E-state index >= 15 is 0 Å². The normalized spacial score (nSPS) is 14.2.